The fourth-order valence-corrected chi connectivity index (χ4v) is 4.61. The summed E-state index contributed by atoms with van der Waals surface area (Å²) in [6.07, 6.45) is 1.46. The van der Waals surface area contributed by atoms with Gasteiger partial charge in [0, 0.05) is 15.5 Å². The second-order valence-electron chi connectivity index (χ2n) is 7.73. The predicted molar refractivity (Wildman–Crippen MR) is 145 cm³/mol. The van der Waals surface area contributed by atoms with E-state index in [2.05, 4.69) is 47.7 Å². The molecule has 0 atom stereocenters. The van der Waals surface area contributed by atoms with E-state index in [0.29, 0.717) is 28.3 Å². The highest BCUT2D eigenvalue weighted by molar-refractivity contribution is 9.11. The van der Waals surface area contributed by atoms with E-state index in [1.165, 1.54) is 13.3 Å². The van der Waals surface area contributed by atoms with Crippen molar-refractivity contribution in [3.05, 3.63) is 86.5 Å². The van der Waals surface area contributed by atoms with E-state index in [9.17, 15) is 9.59 Å². The van der Waals surface area contributed by atoms with Crippen molar-refractivity contribution in [3.63, 3.8) is 0 Å². The van der Waals surface area contributed by atoms with Crippen LogP contribution in [0.15, 0.2) is 79.1 Å². The van der Waals surface area contributed by atoms with Gasteiger partial charge in [0.2, 0.25) is 0 Å². The standard InChI is InChI=1S/C26H21Br2N3O5/c1-15-3-6-19(7-4-15)30-24(32)14-35-21-8-5-16(9-22(21)34-2)13-29-31-26(33)23-11-17-10-18(27)12-20(28)25(17)36-23/h3-13H,14H2,1-2H3,(H,30,32)(H,31,33)/b29-13-. The number of hydrogen-bond acceptors (Lipinski definition) is 6. The monoisotopic (exact) mass is 613 g/mol. The SMILES string of the molecule is COc1cc(/C=N\NC(=O)c2cc3cc(Br)cc(Br)c3o2)ccc1OCC(=O)Nc1ccc(C)cc1. The summed E-state index contributed by atoms with van der Waals surface area (Å²) in [5.41, 5.74) is 5.47. The van der Waals surface area contributed by atoms with Gasteiger partial charge in [0.25, 0.3) is 5.91 Å². The summed E-state index contributed by atoms with van der Waals surface area (Å²) in [6.45, 7) is 1.79. The molecular formula is C26H21Br2N3O5. The molecule has 10 heteroatoms. The zero-order valence-corrected chi connectivity index (χ0v) is 22.5. The van der Waals surface area contributed by atoms with E-state index in [-0.39, 0.29) is 18.3 Å². The first-order chi connectivity index (χ1) is 17.3. The van der Waals surface area contributed by atoms with Crippen molar-refractivity contribution in [2.24, 2.45) is 5.10 Å². The highest BCUT2D eigenvalue weighted by atomic mass is 79.9. The molecule has 0 bridgehead atoms. The Morgan fingerprint density at radius 2 is 1.81 bits per heavy atom. The third kappa shape index (κ3) is 6.32. The summed E-state index contributed by atoms with van der Waals surface area (Å²) in [7, 11) is 1.50. The molecule has 4 rings (SSSR count). The van der Waals surface area contributed by atoms with Crippen LogP contribution in [0.4, 0.5) is 5.69 Å². The first-order valence-corrected chi connectivity index (χ1v) is 12.3. The van der Waals surface area contributed by atoms with Crippen LogP contribution in [-0.2, 0) is 4.79 Å². The summed E-state index contributed by atoms with van der Waals surface area (Å²) >= 11 is 6.83. The molecule has 1 heterocycles. The summed E-state index contributed by atoms with van der Waals surface area (Å²) in [5, 5.41) is 7.55. The number of carbonyl (C=O) groups is 2. The molecule has 0 spiro atoms. The summed E-state index contributed by atoms with van der Waals surface area (Å²) < 4.78 is 18.2. The zero-order valence-electron chi connectivity index (χ0n) is 19.3. The minimum Gasteiger partial charge on any atom is -0.493 e. The molecule has 0 aliphatic carbocycles. The van der Waals surface area contributed by atoms with Gasteiger partial charge in [-0.05, 0) is 76.9 Å². The number of nitrogens with one attached hydrogen (secondary N) is 2. The zero-order chi connectivity index (χ0) is 25.7. The predicted octanol–water partition coefficient (Wildman–Crippen LogP) is 6.06. The summed E-state index contributed by atoms with van der Waals surface area (Å²) in [5.74, 6) is 0.167. The highest BCUT2D eigenvalue weighted by Crippen LogP contribution is 2.31. The average molecular weight is 615 g/mol. The van der Waals surface area contributed by atoms with Crippen LogP contribution in [-0.4, -0.2) is 31.7 Å². The lowest BCUT2D eigenvalue weighted by Crippen LogP contribution is -2.20. The third-order valence-electron chi connectivity index (χ3n) is 5.02. The van der Waals surface area contributed by atoms with Gasteiger partial charge in [-0.1, -0.05) is 33.6 Å². The number of furan rings is 1. The number of amides is 2. The lowest BCUT2D eigenvalue weighted by atomic mass is 10.2. The molecule has 3 aromatic carbocycles. The molecule has 0 saturated carbocycles. The number of halogens is 2. The number of rotatable bonds is 8. The number of hydrogen-bond donors (Lipinski definition) is 2. The highest BCUT2D eigenvalue weighted by Gasteiger charge is 2.14. The molecule has 0 fully saturated rings. The quantitative estimate of drug-likeness (QED) is 0.186. The van der Waals surface area contributed by atoms with Gasteiger partial charge in [0.05, 0.1) is 17.8 Å². The average Bonchev–Trinajstić information content (AvgIpc) is 3.29. The Morgan fingerprint density at radius 1 is 1.03 bits per heavy atom. The Hall–Kier alpha value is -3.63. The van der Waals surface area contributed by atoms with Gasteiger partial charge in [-0.2, -0.15) is 5.10 Å². The smallest absolute Gasteiger partial charge is 0.307 e. The van der Waals surface area contributed by atoms with Crippen LogP contribution in [0.5, 0.6) is 11.5 Å². The Kier molecular flexibility index (Phi) is 8.07. The van der Waals surface area contributed by atoms with Crippen LogP contribution in [0.2, 0.25) is 0 Å². The van der Waals surface area contributed by atoms with E-state index in [1.54, 1.807) is 24.3 Å². The molecule has 0 aliphatic heterocycles. The molecule has 2 N–H and O–H groups in total. The minimum atomic E-state index is -0.489. The van der Waals surface area contributed by atoms with Crippen molar-refractivity contribution >= 4 is 66.5 Å². The van der Waals surface area contributed by atoms with Crippen molar-refractivity contribution in [3.8, 4) is 11.5 Å². The molecule has 8 nitrogen and oxygen atoms in total. The molecule has 2 amide bonds. The molecule has 0 radical (unpaired) electrons. The maximum atomic E-state index is 12.4. The fourth-order valence-electron chi connectivity index (χ4n) is 3.27. The topological polar surface area (TPSA) is 102 Å². The molecule has 0 saturated heterocycles. The lowest BCUT2D eigenvalue weighted by molar-refractivity contribution is -0.118. The van der Waals surface area contributed by atoms with Gasteiger partial charge in [-0.3, -0.25) is 9.59 Å². The number of methoxy groups -OCH3 is 1. The number of nitrogens with zero attached hydrogens (tertiary/aromatic N) is 1. The van der Waals surface area contributed by atoms with Crippen LogP contribution in [0.25, 0.3) is 11.0 Å². The van der Waals surface area contributed by atoms with E-state index in [4.69, 9.17) is 13.9 Å². The van der Waals surface area contributed by atoms with Gasteiger partial charge >= 0.3 is 5.91 Å². The van der Waals surface area contributed by atoms with E-state index in [1.807, 2.05) is 43.3 Å². The van der Waals surface area contributed by atoms with Crippen molar-refractivity contribution in [1.29, 1.82) is 0 Å². The van der Waals surface area contributed by atoms with Crippen LogP contribution in [0.3, 0.4) is 0 Å². The van der Waals surface area contributed by atoms with Crippen molar-refractivity contribution in [2.45, 2.75) is 6.92 Å². The Morgan fingerprint density at radius 3 is 2.56 bits per heavy atom. The van der Waals surface area contributed by atoms with Gasteiger partial charge in [-0.15, -0.1) is 0 Å². The number of fused-ring (bicyclic) bond motifs is 1. The summed E-state index contributed by atoms with van der Waals surface area (Å²) in [4.78, 5) is 24.6. The van der Waals surface area contributed by atoms with Crippen LogP contribution in [0, 0.1) is 6.92 Å². The number of aryl methyl sites for hydroxylation is 1. The second kappa shape index (κ2) is 11.4. The molecule has 0 aliphatic rings. The van der Waals surface area contributed by atoms with E-state index >= 15 is 0 Å². The Labute approximate surface area is 223 Å². The molecule has 184 valence electrons. The maximum absolute atomic E-state index is 12.4. The van der Waals surface area contributed by atoms with E-state index in [0.717, 1.165) is 19.9 Å². The van der Waals surface area contributed by atoms with Gasteiger partial charge in [0.15, 0.2) is 23.9 Å². The Balaban J connectivity index is 1.35. The van der Waals surface area contributed by atoms with E-state index < -0.39 is 5.91 Å². The van der Waals surface area contributed by atoms with Crippen molar-refractivity contribution < 1.29 is 23.5 Å². The summed E-state index contributed by atoms with van der Waals surface area (Å²) in [6, 6.07) is 17.9. The first-order valence-electron chi connectivity index (χ1n) is 10.7. The lowest BCUT2D eigenvalue weighted by Gasteiger charge is -2.11. The van der Waals surface area contributed by atoms with Crippen LogP contribution >= 0.6 is 31.9 Å². The first kappa shape index (κ1) is 25.5. The van der Waals surface area contributed by atoms with Gasteiger partial charge < -0.3 is 19.2 Å². The normalized spacial score (nSPS) is 11.0. The minimum absolute atomic E-state index is 0.131. The molecule has 36 heavy (non-hydrogen) atoms. The largest absolute Gasteiger partial charge is 0.493 e. The second-order valence-corrected chi connectivity index (χ2v) is 9.50. The van der Waals surface area contributed by atoms with Crippen molar-refractivity contribution in [1.82, 2.24) is 5.43 Å². The number of ether oxygens (including phenoxy) is 2. The molecular weight excluding hydrogens is 594 g/mol. The number of benzene rings is 3. The van der Waals surface area contributed by atoms with Crippen LogP contribution in [0.1, 0.15) is 21.7 Å². The fraction of sp³-hybridized carbons (Fsp3) is 0.115. The Bertz CT molecular complexity index is 1450. The molecule has 1 aromatic heterocycles. The van der Waals surface area contributed by atoms with Crippen LogP contribution < -0.4 is 20.2 Å². The molecule has 4 aromatic rings. The number of hydrazone groups is 1. The van der Waals surface area contributed by atoms with Gasteiger partial charge in [0.1, 0.15) is 5.58 Å². The third-order valence-corrected chi connectivity index (χ3v) is 6.07. The maximum Gasteiger partial charge on any atom is 0.307 e. The van der Waals surface area contributed by atoms with Crippen molar-refractivity contribution in [2.75, 3.05) is 19.0 Å². The number of carbonyl (C=O) groups excluding carboxylic acids is 2. The number of anilines is 1. The van der Waals surface area contributed by atoms with Gasteiger partial charge in [-0.25, -0.2) is 5.43 Å². The molecule has 0 unspecified atom stereocenters.